The van der Waals surface area contributed by atoms with Gasteiger partial charge in [0.25, 0.3) is 5.91 Å². The highest BCUT2D eigenvalue weighted by atomic mass is 16.5. The van der Waals surface area contributed by atoms with E-state index in [0.717, 1.165) is 13.0 Å². The molecule has 1 fully saturated rings. The number of hydrogen-bond donors (Lipinski definition) is 3. The lowest BCUT2D eigenvalue weighted by molar-refractivity contribution is 0.0952. The highest BCUT2D eigenvalue weighted by Gasteiger charge is 2.14. The molecule has 1 aromatic rings. The maximum atomic E-state index is 11.9. The first-order chi connectivity index (χ1) is 9.20. The first-order valence-corrected chi connectivity index (χ1v) is 6.59. The predicted octanol–water partition coefficient (Wildman–Crippen LogP) is 1.27. The van der Waals surface area contributed by atoms with Crippen LogP contribution in [0.1, 0.15) is 29.6 Å². The van der Waals surface area contributed by atoms with Gasteiger partial charge in [-0.2, -0.15) is 0 Å². The van der Waals surface area contributed by atoms with Crippen LogP contribution in [0, 0.1) is 0 Å². The van der Waals surface area contributed by atoms with Crippen LogP contribution < -0.4 is 15.4 Å². The quantitative estimate of drug-likeness (QED) is 0.749. The zero-order valence-corrected chi connectivity index (χ0v) is 11.1. The third-order valence-corrected chi connectivity index (χ3v) is 3.38. The smallest absolute Gasteiger partial charge is 0.251 e. The Labute approximate surface area is 113 Å². The molecule has 1 atom stereocenters. The maximum absolute atomic E-state index is 11.9. The van der Waals surface area contributed by atoms with Gasteiger partial charge in [0.1, 0.15) is 0 Å². The Balaban J connectivity index is 1.83. The number of ether oxygens (including phenoxy) is 1. The highest BCUT2D eigenvalue weighted by molar-refractivity contribution is 5.94. The molecule has 1 amide bonds. The van der Waals surface area contributed by atoms with Crippen LogP contribution in [0.4, 0.5) is 0 Å². The molecule has 1 saturated heterocycles. The van der Waals surface area contributed by atoms with Gasteiger partial charge in [-0.1, -0.05) is 0 Å². The number of amides is 1. The van der Waals surface area contributed by atoms with Crippen LogP contribution in [-0.4, -0.2) is 37.3 Å². The molecule has 1 aliphatic rings. The molecule has 5 heteroatoms. The highest BCUT2D eigenvalue weighted by Crippen LogP contribution is 2.26. The van der Waals surface area contributed by atoms with Gasteiger partial charge < -0.3 is 20.5 Å². The Hall–Kier alpha value is -1.75. The molecular formula is C14H20N2O3. The molecular weight excluding hydrogens is 244 g/mol. The molecule has 5 nitrogen and oxygen atoms in total. The number of methoxy groups -OCH3 is 1. The fourth-order valence-corrected chi connectivity index (χ4v) is 2.30. The van der Waals surface area contributed by atoms with Gasteiger partial charge in [-0.15, -0.1) is 0 Å². The lowest BCUT2D eigenvalue weighted by atomic mass is 10.1. The monoisotopic (exact) mass is 264 g/mol. The van der Waals surface area contributed by atoms with Crippen LogP contribution in [0.2, 0.25) is 0 Å². The zero-order chi connectivity index (χ0) is 13.7. The Morgan fingerprint density at radius 3 is 3.05 bits per heavy atom. The second kappa shape index (κ2) is 6.43. The molecule has 2 rings (SSSR count). The fourth-order valence-electron chi connectivity index (χ4n) is 2.30. The lowest BCUT2D eigenvalue weighted by Crippen LogP contribution is -2.30. The standard InChI is InChI=1S/C14H20N2O3/c1-19-13-5-4-10(9-12(13)17)14(18)16-8-6-11-3-2-7-15-11/h4-5,9,11,15,17H,2-3,6-8H2,1H3,(H,16,18)/t11-/m1/s1. The Bertz CT molecular complexity index is 442. The van der Waals surface area contributed by atoms with Crippen LogP contribution in [0.3, 0.4) is 0 Å². The molecule has 104 valence electrons. The van der Waals surface area contributed by atoms with Crippen LogP contribution in [0.15, 0.2) is 18.2 Å². The number of rotatable bonds is 5. The summed E-state index contributed by atoms with van der Waals surface area (Å²) in [5, 5.41) is 15.9. The van der Waals surface area contributed by atoms with Crippen molar-refractivity contribution in [3.05, 3.63) is 23.8 Å². The van der Waals surface area contributed by atoms with Gasteiger partial charge in [0, 0.05) is 18.2 Å². The van der Waals surface area contributed by atoms with Crippen LogP contribution in [-0.2, 0) is 0 Å². The number of carbonyl (C=O) groups excluding carboxylic acids is 1. The van der Waals surface area contributed by atoms with Crippen molar-refractivity contribution < 1.29 is 14.6 Å². The van der Waals surface area contributed by atoms with E-state index in [0.29, 0.717) is 23.9 Å². The molecule has 3 N–H and O–H groups in total. The summed E-state index contributed by atoms with van der Waals surface area (Å²) < 4.78 is 4.94. The minimum atomic E-state index is -0.170. The number of phenols is 1. The summed E-state index contributed by atoms with van der Waals surface area (Å²) in [6.45, 7) is 1.72. The van der Waals surface area contributed by atoms with Gasteiger partial charge in [-0.3, -0.25) is 4.79 Å². The summed E-state index contributed by atoms with van der Waals surface area (Å²) in [5.41, 5.74) is 0.442. The van der Waals surface area contributed by atoms with Crippen molar-refractivity contribution in [2.75, 3.05) is 20.2 Å². The average Bonchev–Trinajstić information content (AvgIpc) is 2.91. The first-order valence-electron chi connectivity index (χ1n) is 6.59. The van der Waals surface area contributed by atoms with Crippen LogP contribution in [0.5, 0.6) is 11.5 Å². The summed E-state index contributed by atoms with van der Waals surface area (Å²) in [6, 6.07) is 5.16. The van der Waals surface area contributed by atoms with Gasteiger partial charge in [0.2, 0.25) is 0 Å². The van der Waals surface area contributed by atoms with E-state index >= 15 is 0 Å². The minimum absolute atomic E-state index is 0.0207. The summed E-state index contributed by atoms with van der Waals surface area (Å²) in [5.74, 6) is 0.176. The summed E-state index contributed by atoms with van der Waals surface area (Å²) >= 11 is 0. The first kappa shape index (κ1) is 13.7. The molecule has 0 unspecified atom stereocenters. The molecule has 0 radical (unpaired) electrons. The van der Waals surface area contributed by atoms with E-state index in [1.807, 2.05) is 0 Å². The van der Waals surface area contributed by atoms with Crippen molar-refractivity contribution >= 4 is 5.91 Å². The fraction of sp³-hybridized carbons (Fsp3) is 0.500. The molecule has 1 aromatic carbocycles. The van der Waals surface area contributed by atoms with Gasteiger partial charge >= 0.3 is 0 Å². The van der Waals surface area contributed by atoms with Crippen molar-refractivity contribution in [1.82, 2.24) is 10.6 Å². The van der Waals surface area contributed by atoms with Crippen molar-refractivity contribution in [2.45, 2.75) is 25.3 Å². The molecule has 1 aliphatic heterocycles. The van der Waals surface area contributed by atoms with Gasteiger partial charge in [0.15, 0.2) is 11.5 Å². The molecule has 0 bridgehead atoms. The topological polar surface area (TPSA) is 70.6 Å². The van der Waals surface area contributed by atoms with E-state index in [2.05, 4.69) is 10.6 Å². The number of benzene rings is 1. The number of phenolic OH excluding ortho intramolecular Hbond substituents is 1. The molecule has 0 aromatic heterocycles. The summed E-state index contributed by atoms with van der Waals surface area (Å²) in [7, 11) is 1.48. The Morgan fingerprint density at radius 2 is 2.42 bits per heavy atom. The van der Waals surface area contributed by atoms with Gasteiger partial charge in [-0.05, 0) is 44.0 Å². The predicted molar refractivity (Wildman–Crippen MR) is 72.6 cm³/mol. The molecule has 0 saturated carbocycles. The van der Waals surface area contributed by atoms with E-state index in [1.54, 1.807) is 12.1 Å². The second-order valence-electron chi connectivity index (χ2n) is 4.72. The van der Waals surface area contributed by atoms with E-state index < -0.39 is 0 Å². The largest absolute Gasteiger partial charge is 0.504 e. The van der Waals surface area contributed by atoms with Crippen molar-refractivity contribution in [2.24, 2.45) is 0 Å². The Morgan fingerprint density at radius 1 is 1.58 bits per heavy atom. The van der Waals surface area contributed by atoms with E-state index in [-0.39, 0.29) is 11.7 Å². The molecule has 0 aliphatic carbocycles. The minimum Gasteiger partial charge on any atom is -0.504 e. The van der Waals surface area contributed by atoms with Crippen LogP contribution in [0.25, 0.3) is 0 Å². The third kappa shape index (κ3) is 3.61. The Kier molecular flexibility index (Phi) is 4.63. The number of hydrogen-bond acceptors (Lipinski definition) is 4. The van der Waals surface area contributed by atoms with Crippen molar-refractivity contribution in [3.8, 4) is 11.5 Å². The second-order valence-corrected chi connectivity index (χ2v) is 4.72. The molecule has 0 spiro atoms. The lowest BCUT2D eigenvalue weighted by Gasteiger charge is -2.11. The van der Waals surface area contributed by atoms with E-state index in [1.165, 1.54) is 26.0 Å². The third-order valence-electron chi connectivity index (χ3n) is 3.38. The van der Waals surface area contributed by atoms with Gasteiger partial charge in [0.05, 0.1) is 7.11 Å². The summed E-state index contributed by atoms with van der Waals surface area (Å²) in [4.78, 5) is 11.9. The zero-order valence-electron chi connectivity index (χ0n) is 11.1. The maximum Gasteiger partial charge on any atom is 0.251 e. The number of aromatic hydroxyl groups is 1. The average molecular weight is 264 g/mol. The van der Waals surface area contributed by atoms with Gasteiger partial charge in [-0.25, -0.2) is 0 Å². The van der Waals surface area contributed by atoms with E-state index in [9.17, 15) is 9.90 Å². The molecule has 1 heterocycles. The number of carbonyl (C=O) groups is 1. The van der Waals surface area contributed by atoms with Crippen molar-refractivity contribution in [3.63, 3.8) is 0 Å². The van der Waals surface area contributed by atoms with E-state index in [4.69, 9.17) is 4.74 Å². The summed E-state index contributed by atoms with van der Waals surface area (Å²) in [6.07, 6.45) is 3.33. The SMILES string of the molecule is COc1ccc(C(=O)NCC[C@H]2CCCN2)cc1O. The van der Waals surface area contributed by atoms with Crippen LogP contribution >= 0.6 is 0 Å². The van der Waals surface area contributed by atoms with Crippen molar-refractivity contribution in [1.29, 1.82) is 0 Å². The number of nitrogens with one attached hydrogen (secondary N) is 2. The molecule has 19 heavy (non-hydrogen) atoms. The normalized spacial score (nSPS) is 18.3.